The highest BCUT2D eigenvalue weighted by molar-refractivity contribution is 6.08. The van der Waals surface area contributed by atoms with Crippen LogP contribution in [0.15, 0.2) is 42.9 Å². The lowest BCUT2D eigenvalue weighted by molar-refractivity contribution is -0.0536. The lowest BCUT2D eigenvalue weighted by Gasteiger charge is -2.30. The molecule has 3 aromatic rings. The molecule has 4 heterocycles. The van der Waals surface area contributed by atoms with Gasteiger partial charge in [-0.1, -0.05) is 13.8 Å². The molecule has 190 valence electrons. The van der Waals surface area contributed by atoms with Gasteiger partial charge in [-0.05, 0) is 35.7 Å². The minimum absolute atomic E-state index is 0.316. The maximum Gasteiger partial charge on any atom is 0.277 e. The Morgan fingerprint density at radius 1 is 1.17 bits per heavy atom. The summed E-state index contributed by atoms with van der Waals surface area (Å²) < 4.78 is 34.0. The van der Waals surface area contributed by atoms with Crippen molar-refractivity contribution in [1.29, 1.82) is 5.41 Å². The number of nitrogens with one attached hydrogen (secondary N) is 3. The van der Waals surface area contributed by atoms with Crippen LogP contribution in [0, 0.1) is 5.41 Å². The minimum Gasteiger partial charge on any atom is -0.384 e. The Kier molecular flexibility index (Phi) is 8.11. The summed E-state index contributed by atoms with van der Waals surface area (Å²) in [6, 6.07) is 7.32. The third-order valence-corrected chi connectivity index (χ3v) is 5.80. The number of ether oxygens (including phenoxy) is 1. The molecule has 0 saturated carbocycles. The second-order valence-electron chi connectivity index (χ2n) is 8.98. The summed E-state index contributed by atoms with van der Waals surface area (Å²) in [5, 5.41) is 21.8. The molecule has 3 aromatic heterocycles. The molecule has 11 heteroatoms. The topological polar surface area (TPSA) is 112 Å². The van der Waals surface area contributed by atoms with Crippen LogP contribution in [0.3, 0.4) is 0 Å². The van der Waals surface area contributed by atoms with Crippen molar-refractivity contribution in [3.63, 3.8) is 0 Å². The SMILES string of the molecule is CC(C)c1cnnc(Nc2ccc3ncc(/C(C=N)=C/NCC(F)(F)CN4CCOCC4)cc3n2)c1. The van der Waals surface area contributed by atoms with Gasteiger partial charge in [0.15, 0.2) is 5.82 Å². The zero-order valence-corrected chi connectivity index (χ0v) is 20.3. The van der Waals surface area contributed by atoms with Crippen molar-refractivity contribution in [3.8, 4) is 0 Å². The van der Waals surface area contributed by atoms with Crippen molar-refractivity contribution in [2.75, 3.05) is 44.7 Å². The average molecular weight is 497 g/mol. The molecule has 1 fully saturated rings. The van der Waals surface area contributed by atoms with E-state index in [1.165, 1.54) is 6.20 Å². The molecule has 0 spiro atoms. The number of halogens is 2. The zero-order valence-electron chi connectivity index (χ0n) is 20.3. The van der Waals surface area contributed by atoms with Crippen molar-refractivity contribution in [1.82, 2.24) is 30.4 Å². The summed E-state index contributed by atoms with van der Waals surface area (Å²) in [5.74, 6) is -1.45. The molecule has 0 unspecified atom stereocenters. The number of anilines is 2. The number of rotatable bonds is 10. The van der Waals surface area contributed by atoms with Gasteiger partial charge < -0.3 is 20.8 Å². The Morgan fingerprint density at radius 3 is 2.72 bits per heavy atom. The van der Waals surface area contributed by atoms with Crippen LogP contribution in [0.25, 0.3) is 16.6 Å². The van der Waals surface area contributed by atoms with Gasteiger partial charge in [-0.3, -0.25) is 9.88 Å². The van der Waals surface area contributed by atoms with E-state index in [-0.39, 0.29) is 6.54 Å². The second-order valence-corrected chi connectivity index (χ2v) is 8.98. The van der Waals surface area contributed by atoms with Crippen molar-refractivity contribution < 1.29 is 13.5 Å². The molecule has 4 rings (SSSR count). The van der Waals surface area contributed by atoms with Gasteiger partial charge in [0.05, 0.1) is 43.5 Å². The molecule has 0 bridgehead atoms. The van der Waals surface area contributed by atoms with Gasteiger partial charge in [0.2, 0.25) is 0 Å². The van der Waals surface area contributed by atoms with E-state index in [1.807, 2.05) is 12.1 Å². The predicted molar refractivity (Wildman–Crippen MR) is 136 cm³/mol. The zero-order chi connectivity index (χ0) is 25.5. The van der Waals surface area contributed by atoms with Gasteiger partial charge in [0.25, 0.3) is 5.92 Å². The quantitative estimate of drug-likeness (QED) is 0.363. The minimum atomic E-state index is -2.92. The molecule has 36 heavy (non-hydrogen) atoms. The molecule has 1 aliphatic rings. The Hall–Kier alpha value is -3.57. The highest BCUT2D eigenvalue weighted by atomic mass is 19.3. The summed E-state index contributed by atoms with van der Waals surface area (Å²) in [6.07, 6.45) is 5.85. The van der Waals surface area contributed by atoms with Gasteiger partial charge in [0, 0.05) is 42.8 Å². The highest BCUT2D eigenvalue weighted by Gasteiger charge is 2.31. The number of fused-ring (bicyclic) bond motifs is 1. The van der Waals surface area contributed by atoms with E-state index in [0.29, 0.717) is 66.0 Å². The van der Waals surface area contributed by atoms with Crippen LogP contribution in [0.4, 0.5) is 20.4 Å². The number of morpholine rings is 1. The van der Waals surface area contributed by atoms with Crippen molar-refractivity contribution >= 4 is 34.5 Å². The van der Waals surface area contributed by atoms with E-state index in [9.17, 15) is 8.78 Å². The molecular formula is C25H30F2N8O. The van der Waals surface area contributed by atoms with Crippen molar-refractivity contribution in [3.05, 3.63) is 54.0 Å². The number of aromatic nitrogens is 4. The van der Waals surface area contributed by atoms with E-state index in [2.05, 4.69) is 44.6 Å². The van der Waals surface area contributed by atoms with E-state index in [0.717, 1.165) is 11.8 Å². The lowest BCUT2D eigenvalue weighted by Crippen LogP contribution is -2.46. The number of nitrogens with zero attached hydrogens (tertiary/aromatic N) is 5. The third-order valence-electron chi connectivity index (χ3n) is 5.80. The Bertz CT molecular complexity index is 1230. The second kappa shape index (κ2) is 11.4. The molecule has 0 aromatic carbocycles. The van der Waals surface area contributed by atoms with Gasteiger partial charge in [0.1, 0.15) is 5.82 Å². The number of hydrogen-bond donors (Lipinski definition) is 3. The van der Waals surface area contributed by atoms with Crippen LogP contribution < -0.4 is 10.6 Å². The van der Waals surface area contributed by atoms with Crippen molar-refractivity contribution in [2.24, 2.45) is 0 Å². The molecule has 1 saturated heterocycles. The first-order valence-corrected chi connectivity index (χ1v) is 11.8. The van der Waals surface area contributed by atoms with Crippen LogP contribution in [0.2, 0.25) is 0 Å². The maximum absolute atomic E-state index is 14.4. The standard InChI is InChI=1S/C25H30F2N8O/c1-17(2)18-10-24(34-31-14-18)33-23-4-3-21-22(32-23)9-19(13-30-21)20(11-28)12-29-15-25(26,27)16-35-5-7-36-8-6-35/h3-4,9-14,17,28-29H,5-8,15-16H2,1-2H3,(H,32,33,34)/b20-12+,28-11?. The average Bonchev–Trinajstić information content (AvgIpc) is 2.86. The van der Waals surface area contributed by atoms with E-state index >= 15 is 0 Å². The maximum atomic E-state index is 14.4. The fourth-order valence-electron chi connectivity index (χ4n) is 3.78. The predicted octanol–water partition coefficient (Wildman–Crippen LogP) is 3.83. The smallest absolute Gasteiger partial charge is 0.277 e. The summed E-state index contributed by atoms with van der Waals surface area (Å²) in [5.41, 5.74) is 3.33. The van der Waals surface area contributed by atoms with Crippen LogP contribution in [0.5, 0.6) is 0 Å². The number of alkyl halides is 2. The molecule has 1 aliphatic heterocycles. The van der Waals surface area contributed by atoms with E-state index in [1.54, 1.807) is 29.4 Å². The molecule has 0 atom stereocenters. The summed E-state index contributed by atoms with van der Waals surface area (Å²) in [6.45, 7) is 5.23. The Morgan fingerprint density at radius 2 is 1.97 bits per heavy atom. The fraction of sp³-hybridized carbons (Fsp3) is 0.400. The number of hydrogen-bond acceptors (Lipinski definition) is 9. The van der Waals surface area contributed by atoms with Crippen LogP contribution in [0.1, 0.15) is 30.9 Å². The van der Waals surface area contributed by atoms with E-state index in [4.69, 9.17) is 10.1 Å². The molecule has 0 radical (unpaired) electrons. The Labute approximate surface area is 208 Å². The first-order valence-electron chi connectivity index (χ1n) is 11.8. The molecule has 3 N–H and O–H groups in total. The highest BCUT2D eigenvalue weighted by Crippen LogP contribution is 2.22. The number of allylic oxidation sites excluding steroid dienone is 1. The monoisotopic (exact) mass is 496 g/mol. The first kappa shape index (κ1) is 25.5. The third kappa shape index (κ3) is 6.76. The van der Waals surface area contributed by atoms with Crippen LogP contribution in [-0.4, -0.2) is 76.6 Å². The van der Waals surface area contributed by atoms with Gasteiger partial charge in [-0.15, -0.1) is 5.10 Å². The molecule has 0 aliphatic carbocycles. The molecule has 9 nitrogen and oxygen atoms in total. The fourth-order valence-corrected chi connectivity index (χ4v) is 3.78. The van der Waals surface area contributed by atoms with Gasteiger partial charge >= 0.3 is 0 Å². The van der Waals surface area contributed by atoms with Crippen LogP contribution >= 0.6 is 0 Å². The summed E-state index contributed by atoms with van der Waals surface area (Å²) in [4.78, 5) is 10.7. The largest absolute Gasteiger partial charge is 0.384 e. The van der Waals surface area contributed by atoms with Crippen molar-refractivity contribution in [2.45, 2.75) is 25.7 Å². The number of pyridine rings is 2. The first-order chi connectivity index (χ1) is 17.3. The summed E-state index contributed by atoms with van der Waals surface area (Å²) in [7, 11) is 0. The lowest BCUT2D eigenvalue weighted by atomic mass is 10.1. The van der Waals surface area contributed by atoms with Gasteiger partial charge in [-0.25, -0.2) is 13.8 Å². The van der Waals surface area contributed by atoms with Crippen LogP contribution in [-0.2, 0) is 4.74 Å². The summed E-state index contributed by atoms with van der Waals surface area (Å²) >= 11 is 0. The van der Waals surface area contributed by atoms with E-state index < -0.39 is 12.5 Å². The molecular weight excluding hydrogens is 466 g/mol. The normalized spacial score (nSPS) is 15.3. The molecule has 0 amide bonds. The van der Waals surface area contributed by atoms with Gasteiger partial charge in [-0.2, -0.15) is 5.10 Å². The Balaban J connectivity index is 1.46.